The van der Waals surface area contributed by atoms with E-state index in [4.69, 9.17) is 14.5 Å². The molecule has 1 aliphatic rings. The van der Waals surface area contributed by atoms with Crippen LogP contribution in [-0.2, 0) is 24.9 Å². The van der Waals surface area contributed by atoms with Crippen molar-refractivity contribution in [3.05, 3.63) is 78.1 Å². The van der Waals surface area contributed by atoms with Gasteiger partial charge in [0.05, 0.1) is 16.3 Å². The predicted octanol–water partition coefficient (Wildman–Crippen LogP) is 6.46. The summed E-state index contributed by atoms with van der Waals surface area (Å²) in [5.74, 6) is 2.80. The lowest BCUT2D eigenvalue weighted by Gasteiger charge is -2.29. The van der Waals surface area contributed by atoms with E-state index in [1.165, 1.54) is 5.69 Å². The normalized spacial score (nSPS) is 15.8. The highest BCUT2D eigenvalue weighted by atomic mass is 32.2. The Morgan fingerprint density at radius 1 is 1.00 bits per heavy atom. The highest BCUT2D eigenvalue weighted by molar-refractivity contribution is 8.15. The van der Waals surface area contributed by atoms with Crippen molar-refractivity contribution < 1.29 is 19.1 Å². The van der Waals surface area contributed by atoms with E-state index in [0.29, 0.717) is 24.8 Å². The minimum atomic E-state index is -0.381. The van der Waals surface area contributed by atoms with Crippen LogP contribution in [0.15, 0.2) is 66.7 Å². The largest absolute Gasteiger partial charge is 0.486 e. The number of rotatable bonds is 11. The van der Waals surface area contributed by atoms with E-state index < -0.39 is 0 Å². The van der Waals surface area contributed by atoms with Crippen molar-refractivity contribution in [3.63, 3.8) is 0 Å². The summed E-state index contributed by atoms with van der Waals surface area (Å²) >= 11 is 1.04. The lowest BCUT2D eigenvalue weighted by molar-refractivity contribution is -0.118. The number of amides is 2. The van der Waals surface area contributed by atoms with Crippen LogP contribution in [0.25, 0.3) is 11.0 Å². The number of nitrogens with zero attached hydrogens (tertiary/aromatic N) is 3. The maximum absolute atomic E-state index is 11.8. The molecule has 9 heteroatoms. The van der Waals surface area contributed by atoms with Crippen LogP contribution in [-0.4, -0.2) is 38.5 Å². The number of aromatic nitrogens is 2. The minimum absolute atomic E-state index is 0.232. The van der Waals surface area contributed by atoms with E-state index in [0.717, 1.165) is 58.6 Å². The molecule has 2 atom stereocenters. The topological polar surface area (TPSA) is 85.7 Å². The van der Waals surface area contributed by atoms with Gasteiger partial charge in [0.15, 0.2) is 0 Å². The third-order valence-corrected chi connectivity index (χ3v) is 8.27. The first-order valence-corrected chi connectivity index (χ1v) is 14.5. The van der Waals surface area contributed by atoms with Crippen LogP contribution in [0.2, 0.25) is 0 Å². The van der Waals surface area contributed by atoms with Gasteiger partial charge in [0.1, 0.15) is 29.7 Å². The molecule has 208 valence electrons. The molecular weight excluding hydrogens is 524 g/mol. The van der Waals surface area contributed by atoms with Crippen LogP contribution in [0.4, 0.5) is 10.5 Å². The smallest absolute Gasteiger partial charge is 0.286 e. The summed E-state index contributed by atoms with van der Waals surface area (Å²) in [5, 5.41) is 1.66. The van der Waals surface area contributed by atoms with E-state index in [1.807, 2.05) is 66.2 Å². The summed E-state index contributed by atoms with van der Waals surface area (Å²) in [6, 6.07) is 22.2. The van der Waals surface area contributed by atoms with Gasteiger partial charge in [0, 0.05) is 31.4 Å². The van der Waals surface area contributed by atoms with E-state index in [2.05, 4.69) is 43.1 Å². The molecule has 1 fully saturated rings. The fourth-order valence-corrected chi connectivity index (χ4v) is 5.69. The summed E-state index contributed by atoms with van der Waals surface area (Å²) in [7, 11) is 1.97. The summed E-state index contributed by atoms with van der Waals surface area (Å²) in [5.41, 5.74) is 3.99. The van der Waals surface area contributed by atoms with Crippen molar-refractivity contribution >= 4 is 39.6 Å². The average molecular weight is 559 g/mol. The number of nitrogens with one attached hydrogen (secondary N) is 1. The maximum Gasteiger partial charge on any atom is 0.286 e. The third-order valence-electron chi connectivity index (χ3n) is 7.29. The Hall–Kier alpha value is -3.98. The molecule has 0 bridgehead atoms. The summed E-state index contributed by atoms with van der Waals surface area (Å²) in [6.45, 7) is 7.91. The molecule has 2 unspecified atom stereocenters. The van der Waals surface area contributed by atoms with Crippen molar-refractivity contribution in [2.45, 2.75) is 51.5 Å². The molecule has 4 aromatic rings. The summed E-state index contributed by atoms with van der Waals surface area (Å²) in [4.78, 5) is 30.3. The molecule has 0 radical (unpaired) electrons. The summed E-state index contributed by atoms with van der Waals surface area (Å²) < 4.78 is 14.2. The number of aryl methyl sites for hydroxylation is 1. The molecule has 1 aromatic heterocycles. The Balaban J connectivity index is 1.21. The quantitative estimate of drug-likeness (QED) is 0.226. The Bertz CT molecular complexity index is 1500. The van der Waals surface area contributed by atoms with E-state index in [9.17, 15) is 9.59 Å². The number of hydrogen-bond acceptors (Lipinski definition) is 7. The Labute approximate surface area is 238 Å². The van der Waals surface area contributed by atoms with Gasteiger partial charge in [-0.05, 0) is 80.8 Å². The Kier molecular flexibility index (Phi) is 8.30. The number of anilines is 1. The van der Waals surface area contributed by atoms with Crippen molar-refractivity contribution in [1.82, 2.24) is 14.9 Å². The number of carbonyl (C=O) groups is 2. The van der Waals surface area contributed by atoms with Gasteiger partial charge < -0.3 is 18.9 Å². The SMILES string of the molecule is CCC(C)N(CC)c1ccc(Oc2ccc3nc(COc4ccc(CC5SC(=O)NC5=O)cc4)n(C)c3c2)cc1. The van der Waals surface area contributed by atoms with Crippen molar-refractivity contribution in [1.29, 1.82) is 0 Å². The van der Waals surface area contributed by atoms with Crippen molar-refractivity contribution in [3.8, 4) is 17.2 Å². The molecule has 0 spiro atoms. The van der Waals surface area contributed by atoms with Crippen LogP contribution in [0.3, 0.4) is 0 Å². The van der Waals surface area contributed by atoms with Crippen LogP contribution < -0.4 is 19.7 Å². The van der Waals surface area contributed by atoms with Crippen LogP contribution in [0.1, 0.15) is 38.6 Å². The second-order valence-corrected chi connectivity index (χ2v) is 11.1. The first-order chi connectivity index (χ1) is 19.3. The van der Waals surface area contributed by atoms with Gasteiger partial charge in [0.2, 0.25) is 5.91 Å². The van der Waals surface area contributed by atoms with E-state index in [-0.39, 0.29) is 16.4 Å². The Morgan fingerprint density at radius 2 is 1.70 bits per heavy atom. The van der Waals surface area contributed by atoms with E-state index in [1.54, 1.807) is 0 Å². The highest BCUT2D eigenvalue weighted by Gasteiger charge is 2.31. The number of fused-ring (bicyclic) bond motifs is 1. The maximum atomic E-state index is 11.8. The van der Waals surface area contributed by atoms with Gasteiger partial charge in [0.25, 0.3) is 5.24 Å². The molecular formula is C31H34N4O4S. The second-order valence-electron chi connectivity index (χ2n) is 9.90. The number of benzene rings is 3. The molecule has 0 aliphatic carbocycles. The summed E-state index contributed by atoms with van der Waals surface area (Å²) in [6.07, 6.45) is 1.60. The molecule has 2 heterocycles. The molecule has 5 rings (SSSR count). The monoisotopic (exact) mass is 558 g/mol. The number of ether oxygens (including phenoxy) is 2. The minimum Gasteiger partial charge on any atom is -0.486 e. The number of imidazole rings is 1. The first-order valence-electron chi connectivity index (χ1n) is 13.6. The number of carbonyl (C=O) groups excluding carboxylic acids is 2. The fraction of sp³-hybridized carbons (Fsp3) is 0.323. The van der Waals surface area contributed by atoms with Gasteiger partial charge >= 0.3 is 0 Å². The molecule has 40 heavy (non-hydrogen) atoms. The highest BCUT2D eigenvalue weighted by Crippen LogP contribution is 2.29. The molecule has 2 amide bonds. The van der Waals surface area contributed by atoms with Crippen LogP contribution >= 0.6 is 11.8 Å². The van der Waals surface area contributed by atoms with Crippen LogP contribution in [0.5, 0.6) is 17.2 Å². The molecule has 0 saturated carbocycles. The number of hydrogen-bond donors (Lipinski definition) is 1. The zero-order chi connectivity index (χ0) is 28.2. The first kappa shape index (κ1) is 27.6. The van der Waals surface area contributed by atoms with Gasteiger partial charge in [-0.25, -0.2) is 4.98 Å². The molecule has 1 N–H and O–H groups in total. The zero-order valence-corrected chi connectivity index (χ0v) is 24.0. The van der Waals surface area contributed by atoms with Gasteiger partial charge in [-0.2, -0.15) is 0 Å². The molecule has 1 aliphatic heterocycles. The van der Waals surface area contributed by atoms with Crippen molar-refractivity contribution in [2.75, 3.05) is 11.4 Å². The van der Waals surface area contributed by atoms with Gasteiger partial charge in [-0.3, -0.25) is 14.9 Å². The lowest BCUT2D eigenvalue weighted by atomic mass is 10.1. The van der Waals surface area contributed by atoms with Crippen molar-refractivity contribution in [2.24, 2.45) is 7.05 Å². The third kappa shape index (κ3) is 6.09. The standard InChI is InChI=1S/C31H34N4O4S/c1-5-20(3)35(6-2)22-9-13-24(14-10-22)39-25-15-16-26-27(18-25)34(4)29(32-26)19-38-23-11-7-21(8-12-23)17-28-30(36)33-31(37)40-28/h7-16,18,20,28H,5-6,17,19H2,1-4H3,(H,33,36,37). The number of imide groups is 1. The molecule has 3 aromatic carbocycles. The van der Waals surface area contributed by atoms with E-state index >= 15 is 0 Å². The Morgan fingerprint density at radius 3 is 2.35 bits per heavy atom. The predicted molar refractivity (Wildman–Crippen MR) is 159 cm³/mol. The van der Waals surface area contributed by atoms with Gasteiger partial charge in [-0.1, -0.05) is 30.8 Å². The average Bonchev–Trinajstić information content (AvgIpc) is 3.45. The zero-order valence-electron chi connectivity index (χ0n) is 23.2. The second kappa shape index (κ2) is 12.0. The fourth-order valence-electron chi connectivity index (χ4n) is 4.83. The molecule has 8 nitrogen and oxygen atoms in total. The van der Waals surface area contributed by atoms with Gasteiger partial charge in [-0.15, -0.1) is 0 Å². The number of thioether (sulfide) groups is 1. The lowest BCUT2D eigenvalue weighted by Crippen LogP contribution is -2.32. The molecule has 1 saturated heterocycles. The van der Waals surface area contributed by atoms with Crippen LogP contribution in [0, 0.1) is 0 Å².